The summed E-state index contributed by atoms with van der Waals surface area (Å²) in [6.45, 7) is 4.24. The summed E-state index contributed by atoms with van der Waals surface area (Å²) in [6.07, 6.45) is 6.17. The van der Waals surface area contributed by atoms with Gasteiger partial charge in [0.25, 0.3) is 5.91 Å². The fourth-order valence-corrected chi connectivity index (χ4v) is 6.51. The van der Waals surface area contributed by atoms with Crippen LogP contribution in [0.25, 0.3) is 10.3 Å². The SMILES string of the molecule is Cc1cnc2c(N)c(C(=O)NC3CCc4nc(N5CC(N)C6(CCCO6)C5)ccc4C3)sc2n1. The van der Waals surface area contributed by atoms with Crippen LogP contribution in [0.5, 0.6) is 0 Å². The summed E-state index contributed by atoms with van der Waals surface area (Å²) in [5.74, 6) is 0.809. The minimum atomic E-state index is -0.217. The second kappa shape index (κ2) is 8.14. The second-order valence-corrected chi connectivity index (χ2v) is 10.7. The third kappa shape index (κ3) is 3.60. The number of carbonyl (C=O) groups is 1. The molecule has 3 aromatic heterocycles. The Morgan fingerprint density at radius 1 is 1.35 bits per heavy atom. The number of nitrogens with zero attached hydrogens (tertiary/aromatic N) is 4. The number of ether oxygens (including phenoxy) is 1. The fourth-order valence-electron chi connectivity index (χ4n) is 5.51. The summed E-state index contributed by atoms with van der Waals surface area (Å²) in [6, 6.07) is 4.28. The maximum Gasteiger partial charge on any atom is 0.263 e. The number of hydrogen-bond acceptors (Lipinski definition) is 9. The molecule has 2 aliphatic heterocycles. The van der Waals surface area contributed by atoms with Gasteiger partial charge in [-0.15, -0.1) is 11.3 Å². The first-order valence-electron chi connectivity index (χ1n) is 11.9. The zero-order chi connectivity index (χ0) is 23.4. The zero-order valence-corrected chi connectivity index (χ0v) is 20.0. The molecule has 0 bridgehead atoms. The average molecular weight is 480 g/mol. The highest BCUT2D eigenvalue weighted by molar-refractivity contribution is 7.21. The van der Waals surface area contributed by atoms with Crippen molar-refractivity contribution in [3.8, 4) is 0 Å². The normalized spacial score (nSPS) is 26.4. The van der Waals surface area contributed by atoms with Crippen molar-refractivity contribution in [2.45, 2.75) is 56.7 Å². The van der Waals surface area contributed by atoms with Crippen LogP contribution in [0.15, 0.2) is 18.3 Å². The summed E-state index contributed by atoms with van der Waals surface area (Å²) in [5, 5.41) is 3.17. The van der Waals surface area contributed by atoms with Crippen molar-refractivity contribution in [2.24, 2.45) is 5.73 Å². The van der Waals surface area contributed by atoms with E-state index in [9.17, 15) is 4.79 Å². The first-order valence-corrected chi connectivity index (χ1v) is 12.7. The zero-order valence-electron chi connectivity index (χ0n) is 19.2. The Morgan fingerprint density at radius 2 is 2.24 bits per heavy atom. The minimum absolute atomic E-state index is 0.0167. The molecular weight excluding hydrogens is 450 g/mol. The third-order valence-corrected chi connectivity index (χ3v) is 8.45. The molecule has 0 aromatic carbocycles. The van der Waals surface area contributed by atoms with Gasteiger partial charge in [0.05, 0.1) is 24.0 Å². The lowest BCUT2D eigenvalue weighted by atomic mass is 9.91. The molecule has 34 heavy (non-hydrogen) atoms. The lowest BCUT2D eigenvalue weighted by Gasteiger charge is -2.28. The molecule has 1 amide bonds. The topological polar surface area (TPSA) is 132 Å². The van der Waals surface area contributed by atoms with Crippen molar-refractivity contribution in [1.29, 1.82) is 0 Å². The third-order valence-electron chi connectivity index (χ3n) is 7.36. The number of carbonyl (C=O) groups excluding carboxylic acids is 1. The summed E-state index contributed by atoms with van der Waals surface area (Å²) in [7, 11) is 0. The predicted octanol–water partition coefficient (Wildman–Crippen LogP) is 1.96. The number of pyridine rings is 1. The first-order chi connectivity index (χ1) is 16.4. The maximum atomic E-state index is 13.0. The Kier molecular flexibility index (Phi) is 5.20. The van der Waals surface area contributed by atoms with E-state index in [4.69, 9.17) is 21.2 Å². The van der Waals surface area contributed by atoms with Crippen molar-refractivity contribution in [3.05, 3.63) is 40.2 Å². The first kappa shape index (κ1) is 21.7. The Morgan fingerprint density at radius 3 is 3.06 bits per heavy atom. The van der Waals surface area contributed by atoms with Gasteiger partial charge in [-0.25, -0.2) is 15.0 Å². The number of rotatable bonds is 3. The van der Waals surface area contributed by atoms with Gasteiger partial charge in [0.1, 0.15) is 26.6 Å². The highest BCUT2D eigenvalue weighted by Gasteiger charge is 2.48. The van der Waals surface area contributed by atoms with Crippen molar-refractivity contribution < 1.29 is 9.53 Å². The van der Waals surface area contributed by atoms with E-state index in [-0.39, 0.29) is 23.6 Å². The maximum absolute atomic E-state index is 13.0. The summed E-state index contributed by atoms with van der Waals surface area (Å²) < 4.78 is 6.05. The van der Waals surface area contributed by atoms with Crippen molar-refractivity contribution in [3.63, 3.8) is 0 Å². The highest BCUT2D eigenvalue weighted by Crippen LogP contribution is 2.36. The molecule has 6 rings (SSSR count). The number of thiophene rings is 1. The van der Waals surface area contributed by atoms with Crippen LogP contribution in [0.3, 0.4) is 0 Å². The van der Waals surface area contributed by atoms with Gasteiger partial charge in [0.15, 0.2) is 0 Å². The number of aryl methyl sites for hydroxylation is 2. The van der Waals surface area contributed by atoms with Gasteiger partial charge < -0.3 is 26.4 Å². The molecule has 3 aromatic rings. The summed E-state index contributed by atoms with van der Waals surface area (Å²) >= 11 is 1.30. The van der Waals surface area contributed by atoms with Gasteiger partial charge in [-0.1, -0.05) is 6.07 Å². The number of nitrogen functional groups attached to an aromatic ring is 1. The van der Waals surface area contributed by atoms with Crippen molar-refractivity contribution in [2.75, 3.05) is 30.3 Å². The number of nitrogens with one attached hydrogen (secondary N) is 1. The van der Waals surface area contributed by atoms with E-state index in [0.29, 0.717) is 20.9 Å². The lowest BCUT2D eigenvalue weighted by molar-refractivity contribution is 0.0108. The lowest BCUT2D eigenvalue weighted by Crippen LogP contribution is -2.46. The monoisotopic (exact) mass is 479 g/mol. The van der Waals surface area contributed by atoms with Crippen LogP contribution in [-0.2, 0) is 17.6 Å². The quantitative estimate of drug-likeness (QED) is 0.519. The summed E-state index contributed by atoms with van der Waals surface area (Å²) in [5.41, 5.74) is 16.5. The Balaban J connectivity index is 1.15. The number of fused-ring (bicyclic) bond motifs is 2. The molecule has 3 unspecified atom stereocenters. The number of anilines is 2. The molecule has 5 N–H and O–H groups in total. The molecule has 1 spiro atoms. The number of aromatic nitrogens is 3. The average Bonchev–Trinajstić information content (AvgIpc) is 3.52. The molecule has 2 fully saturated rings. The second-order valence-electron chi connectivity index (χ2n) is 9.70. The van der Waals surface area contributed by atoms with E-state index in [1.165, 1.54) is 16.9 Å². The van der Waals surface area contributed by atoms with Crippen LogP contribution < -0.4 is 21.7 Å². The highest BCUT2D eigenvalue weighted by atomic mass is 32.1. The Bertz CT molecular complexity index is 1270. The fraction of sp³-hybridized carbons (Fsp3) is 0.500. The van der Waals surface area contributed by atoms with E-state index in [1.54, 1.807) is 6.20 Å². The van der Waals surface area contributed by atoms with Gasteiger partial charge in [0, 0.05) is 31.1 Å². The van der Waals surface area contributed by atoms with Crippen LogP contribution in [0.4, 0.5) is 11.5 Å². The molecule has 10 heteroatoms. The van der Waals surface area contributed by atoms with E-state index < -0.39 is 0 Å². The molecule has 3 aliphatic rings. The molecule has 3 atom stereocenters. The Hall–Kier alpha value is -2.82. The van der Waals surface area contributed by atoms with Gasteiger partial charge in [-0.05, 0) is 50.7 Å². The van der Waals surface area contributed by atoms with Crippen molar-refractivity contribution in [1.82, 2.24) is 20.3 Å². The van der Waals surface area contributed by atoms with E-state index in [0.717, 1.165) is 69.0 Å². The van der Waals surface area contributed by atoms with Crippen molar-refractivity contribution >= 4 is 39.1 Å². The number of hydrogen-bond donors (Lipinski definition) is 3. The van der Waals surface area contributed by atoms with Gasteiger partial charge in [-0.3, -0.25) is 4.79 Å². The van der Waals surface area contributed by atoms with E-state index in [1.807, 2.05) is 6.92 Å². The minimum Gasteiger partial charge on any atom is -0.396 e. The molecule has 5 heterocycles. The van der Waals surface area contributed by atoms with E-state index in [2.05, 4.69) is 32.3 Å². The number of nitrogens with two attached hydrogens (primary N) is 2. The predicted molar refractivity (Wildman–Crippen MR) is 132 cm³/mol. The van der Waals surface area contributed by atoms with Crippen LogP contribution >= 0.6 is 11.3 Å². The Labute approximate surface area is 201 Å². The largest absolute Gasteiger partial charge is 0.396 e. The molecular formula is C24H29N7O2S. The summed E-state index contributed by atoms with van der Waals surface area (Å²) in [4.78, 5) is 30.2. The number of amides is 1. The smallest absolute Gasteiger partial charge is 0.263 e. The molecule has 178 valence electrons. The molecule has 9 nitrogen and oxygen atoms in total. The molecule has 2 saturated heterocycles. The molecule has 0 radical (unpaired) electrons. The van der Waals surface area contributed by atoms with Crippen LogP contribution in [-0.4, -0.2) is 58.2 Å². The van der Waals surface area contributed by atoms with Gasteiger partial charge in [-0.2, -0.15) is 0 Å². The van der Waals surface area contributed by atoms with Crippen LogP contribution in [0.1, 0.15) is 45.9 Å². The molecule has 0 saturated carbocycles. The van der Waals surface area contributed by atoms with Crippen LogP contribution in [0.2, 0.25) is 0 Å². The van der Waals surface area contributed by atoms with E-state index >= 15 is 0 Å². The molecule has 1 aliphatic carbocycles. The van der Waals surface area contributed by atoms with Crippen LogP contribution in [0, 0.1) is 6.92 Å². The van der Waals surface area contributed by atoms with Gasteiger partial charge in [0.2, 0.25) is 0 Å². The standard InChI is InChI=1S/C24H29N7O2S/c1-13-10-27-20-19(26)21(34-23(20)28-13)22(32)29-15-4-5-16-14(9-15)3-6-18(30-16)31-11-17(25)24(12-31)7-2-8-33-24/h3,6,10,15,17H,2,4-5,7-9,11-12,25-26H2,1H3,(H,29,32). The van der Waals surface area contributed by atoms with Gasteiger partial charge >= 0.3 is 0 Å².